The molecule has 5 rings (SSSR count). The third-order valence-electron chi connectivity index (χ3n) is 8.82. The largest absolute Gasteiger partial charge is 0.405 e. The summed E-state index contributed by atoms with van der Waals surface area (Å²) in [7, 11) is 0.223. The fourth-order valence-electron chi connectivity index (χ4n) is 6.20. The molecule has 0 radical (unpaired) electrons. The van der Waals surface area contributed by atoms with Crippen LogP contribution in [0.4, 0.5) is 0 Å². The molecule has 7 atom stereocenters. The van der Waals surface area contributed by atoms with Gasteiger partial charge in [0.25, 0.3) is 8.32 Å². The second-order valence-electron chi connectivity index (χ2n) is 12.4. The molecule has 7 nitrogen and oxygen atoms in total. The number of hydrogen-bond acceptors (Lipinski definition) is 8. The number of thioether (sulfide) groups is 1. The van der Waals surface area contributed by atoms with Gasteiger partial charge in [-0.05, 0) is 41.4 Å². The Balaban J connectivity index is 1.55. The number of aliphatic hydroxyl groups is 1. The van der Waals surface area contributed by atoms with Gasteiger partial charge in [0.05, 0.1) is 6.61 Å². The molecule has 0 saturated carbocycles. The standard InChI is InChI=1S/C34H44O7SSi/c1-32(2,3)43(25-19-13-9-14-20-25,26-21-15-10-16-22-26)38-23-27-29-30(41-34(5,37-7)33(4,36-6)40-29)28(35)31(39-27)42-24-17-11-8-12-18-24/h8-22,27-31,35H,23H2,1-7H3/t27-,28-,29-,30-,31+,33+,34+/m1/s1. The SMILES string of the molecule is CO[C@@]1(C)O[C@@H]2[C@@H](O)[C@H](Sc3ccccc3)O[C@H](CO[Si](c3ccccc3)(c3ccccc3)C(C)(C)C)[C@H]2O[C@]1(C)OC. The molecule has 2 heterocycles. The highest BCUT2D eigenvalue weighted by Gasteiger charge is 2.63. The Bertz CT molecular complexity index is 1290. The van der Waals surface area contributed by atoms with Gasteiger partial charge in [-0.15, -0.1) is 0 Å². The average molecular weight is 625 g/mol. The first-order valence-electron chi connectivity index (χ1n) is 14.7. The van der Waals surface area contributed by atoms with E-state index in [0.717, 1.165) is 4.90 Å². The van der Waals surface area contributed by atoms with Crippen LogP contribution < -0.4 is 10.4 Å². The maximum Gasteiger partial charge on any atom is 0.261 e. The quantitative estimate of drug-likeness (QED) is 0.336. The van der Waals surface area contributed by atoms with E-state index in [1.165, 1.54) is 22.1 Å². The number of fused-ring (bicyclic) bond motifs is 1. The second-order valence-corrected chi connectivity index (χ2v) is 17.9. The fourth-order valence-corrected chi connectivity index (χ4v) is 11.8. The third kappa shape index (κ3) is 6.00. The Kier molecular flexibility index (Phi) is 9.59. The summed E-state index contributed by atoms with van der Waals surface area (Å²) in [4.78, 5) is 0.976. The molecule has 2 fully saturated rings. The predicted molar refractivity (Wildman–Crippen MR) is 171 cm³/mol. The molecular weight excluding hydrogens is 581 g/mol. The lowest BCUT2D eigenvalue weighted by molar-refractivity contribution is -0.469. The highest BCUT2D eigenvalue weighted by atomic mass is 32.2. The van der Waals surface area contributed by atoms with E-state index in [1.807, 2.05) is 42.5 Å². The van der Waals surface area contributed by atoms with Gasteiger partial charge in [-0.25, -0.2) is 0 Å². The number of ether oxygens (including phenoxy) is 5. The summed E-state index contributed by atoms with van der Waals surface area (Å²) in [6.07, 6.45) is -3.02. The third-order valence-corrected chi connectivity index (χ3v) is 15.0. The molecule has 3 aromatic carbocycles. The van der Waals surface area contributed by atoms with Gasteiger partial charge in [0.1, 0.15) is 29.9 Å². The maximum atomic E-state index is 11.6. The van der Waals surface area contributed by atoms with Gasteiger partial charge in [-0.2, -0.15) is 0 Å². The van der Waals surface area contributed by atoms with E-state index in [-0.39, 0.29) is 11.6 Å². The molecule has 1 N–H and O–H groups in total. The number of benzene rings is 3. The first-order valence-corrected chi connectivity index (χ1v) is 17.5. The monoisotopic (exact) mass is 624 g/mol. The van der Waals surface area contributed by atoms with E-state index in [4.69, 9.17) is 28.1 Å². The van der Waals surface area contributed by atoms with Crippen molar-refractivity contribution in [1.82, 2.24) is 0 Å². The van der Waals surface area contributed by atoms with Crippen LogP contribution in [0.15, 0.2) is 95.9 Å². The van der Waals surface area contributed by atoms with Gasteiger partial charge in [0, 0.05) is 19.1 Å². The van der Waals surface area contributed by atoms with Crippen molar-refractivity contribution >= 4 is 30.5 Å². The number of rotatable bonds is 9. The molecule has 43 heavy (non-hydrogen) atoms. The summed E-state index contributed by atoms with van der Waals surface area (Å²) in [5.41, 5.74) is -0.631. The highest BCUT2D eigenvalue weighted by molar-refractivity contribution is 7.99. The minimum Gasteiger partial charge on any atom is -0.405 e. The molecule has 0 aromatic heterocycles. The van der Waals surface area contributed by atoms with Crippen LogP contribution in [0.1, 0.15) is 34.6 Å². The molecule has 0 aliphatic carbocycles. The average Bonchev–Trinajstić information content (AvgIpc) is 3.01. The van der Waals surface area contributed by atoms with Crippen molar-refractivity contribution in [3.8, 4) is 0 Å². The summed E-state index contributed by atoms with van der Waals surface area (Å²) >= 11 is 1.45. The van der Waals surface area contributed by atoms with Crippen LogP contribution in [0.25, 0.3) is 0 Å². The van der Waals surface area contributed by atoms with Crippen LogP contribution in [-0.4, -0.2) is 75.7 Å². The van der Waals surface area contributed by atoms with Gasteiger partial charge < -0.3 is 33.2 Å². The Morgan fingerprint density at radius 3 is 1.70 bits per heavy atom. The van der Waals surface area contributed by atoms with Gasteiger partial charge in [-0.3, -0.25) is 0 Å². The molecule has 2 saturated heterocycles. The minimum atomic E-state index is -2.88. The Labute approximate surface area is 260 Å². The maximum absolute atomic E-state index is 11.6. The summed E-state index contributed by atoms with van der Waals surface area (Å²) in [6, 6.07) is 30.9. The molecule has 2 aliphatic heterocycles. The Morgan fingerprint density at radius 2 is 1.23 bits per heavy atom. The molecule has 0 unspecified atom stereocenters. The lowest BCUT2D eigenvalue weighted by atomic mass is 9.95. The molecule has 0 amide bonds. The van der Waals surface area contributed by atoms with Crippen molar-refractivity contribution in [3.63, 3.8) is 0 Å². The molecule has 232 valence electrons. The summed E-state index contributed by atoms with van der Waals surface area (Å²) in [6.45, 7) is 10.5. The van der Waals surface area contributed by atoms with E-state index < -0.39 is 49.7 Å². The van der Waals surface area contributed by atoms with Crippen LogP contribution in [-0.2, 0) is 28.1 Å². The van der Waals surface area contributed by atoms with Gasteiger partial charge in [0.2, 0.25) is 11.6 Å². The van der Waals surface area contributed by atoms with Crippen molar-refractivity contribution in [2.24, 2.45) is 0 Å². The first kappa shape index (κ1) is 32.3. The van der Waals surface area contributed by atoms with Crippen LogP contribution in [0, 0.1) is 0 Å². The lowest BCUT2D eigenvalue weighted by Crippen LogP contribution is -2.73. The van der Waals surface area contributed by atoms with E-state index in [0.29, 0.717) is 0 Å². The van der Waals surface area contributed by atoms with Crippen LogP contribution in [0.3, 0.4) is 0 Å². The molecule has 3 aromatic rings. The normalized spacial score (nSPS) is 31.4. The number of methoxy groups -OCH3 is 2. The second kappa shape index (κ2) is 12.7. The zero-order valence-corrected chi connectivity index (χ0v) is 27.9. The number of aliphatic hydroxyl groups excluding tert-OH is 1. The lowest BCUT2D eigenvalue weighted by Gasteiger charge is -2.57. The Morgan fingerprint density at radius 1 is 0.767 bits per heavy atom. The topological polar surface area (TPSA) is 75.6 Å². The van der Waals surface area contributed by atoms with Crippen molar-refractivity contribution in [3.05, 3.63) is 91.0 Å². The zero-order chi connectivity index (χ0) is 30.9. The Hall–Kier alpha value is -2.05. The highest BCUT2D eigenvalue weighted by Crippen LogP contribution is 2.46. The fraction of sp³-hybridized carbons (Fsp3) is 0.471. The van der Waals surface area contributed by atoms with Crippen LogP contribution >= 0.6 is 11.8 Å². The van der Waals surface area contributed by atoms with Crippen molar-refractivity contribution in [2.45, 2.75) is 86.0 Å². The summed E-state index contributed by atoms with van der Waals surface area (Å²) in [5.74, 6) is -2.53. The summed E-state index contributed by atoms with van der Waals surface area (Å²) < 4.78 is 38.8. The van der Waals surface area contributed by atoms with Gasteiger partial charge in [-0.1, -0.05) is 111 Å². The molecule has 0 bridgehead atoms. The van der Waals surface area contributed by atoms with Crippen LogP contribution in [0.2, 0.25) is 5.04 Å². The van der Waals surface area contributed by atoms with Crippen molar-refractivity contribution < 1.29 is 33.2 Å². The van der Waals surface area contributed by atoms with Gasteiger partial charge in [0.15, 0.2) is 0 Å². The predicted octanol–water partition coefficient (Wildman–Crippen LogP) is 4.95. The smallest absolute Gasteiger partial charge is 0.261 e. The van der Waals surface area contributed by atoms with E-state index >= 15 is 0 Å². The van der Waals surface area contributed by atoms with Crippen LogP contribution in [0.5, 0.6) is 0 Å². The van der Waals surface area contributed by atoms with E-state index in [2.05, 4.69) is 69.3 Å². The van der Waals surface area contributed by atoms with Crippen molar-refractivity contribution in [1.29, 1.82) is 0 Å². The zero-order valence-electron chi connectivity index (χ0n) is 26.1. The summed E-state index contributed by atoms with van der Waals surface area (Å²) in [5, 5.41) is 13.8. The molecule has 2 aliphatic rings. The molecule has 9 heteroatoms. The molecular formula is C34H44O7SSi. The first-order chi connectivity index (χ1) is 20.5. The van der Waals surface area contributed by atoms with Crippen molar-refractivity contribution in [2.75, 3.05) is 20.8 Å². The van der Waals surface area contributed by atoms with E-state index in [9.17, 15) is 5.11 Å². The van der Waals surface area contributed by atoms with E-state index in [1.54, 1.807) is 28.1 Å². The van der Waals surface area contributed by atoms with Gasteiger partial charge >= 0.3 is 0 Å². The minimum absolute atomic E-state index is 0.221. The molecule has 0 spiro atoms. The number of hydrogen-bond donors (Lipinski definition) is 1.